The summed E-state index contributed by atoms with van der Waals surface area (Å²) in [5, 5.41) is 14.2. The third-order valence-electron chi connectivity index (χ3n) is 2.19. The second-order valence-corrected chi connectivity index (χ2v) is 5.26. The Balaban J connectivity index is 2.22. The number of hydrogen-bond donors (Lipinski definition) is 2. The van der Waals surface area contributed by atoms with Crippen LogP contribution >= 0.6 is 22.7 Å². The molecule has 2 aromatic heterocycles. The van der Waals surface area contributed by atoms with Crippen molar-refractivity contribution in [2.24, 2.45) is 5.73 Å². The minimum absolute atomic E-state index is 0.286. The van der Waals surface area contributed by atoms with Crippen LogP contribution in [0.25, 0.3) is 10.0 Å². The lowest BCUT2D eigenvalue weighted by atomic mass is 10.1. The molecule has 2 heterocycles. The monoisotopic (exact) mass is 269 g/mol. The van der Waals surface area contributed by atoms with E-state index in [4.69, 9.17) is 5.73 Å². The first-order valence-corrected chi connectivity index (χ1v) is 6.69. The van der Waals surface area contributed by atoms with Gasteiger partial charge in [0.25, 0.3) is 0 Å². The molecule has 0 aromatic carbocycles. The van der Waals surface area contributed by atoms with E-state index in [9.17, 15) is 9.90 Å². The molecule has 0 saturated carbocycles. The lowest BCUT2D eigenvalue weighted by molar-refractivity contribution is 0.0843. The van der Waals surface area contributed by atoms with Crippen LogP contribution in [-0.4, -0.2) is 33.0 Å². The Hall–Kier alpha value is -1.15. The first kappa shape index (κ1) is 12.3. The van der Waals surface area contributed by atoms with Gasteiger partial charge in [-0.05, 0) is 6.92 Å². The van der Waals surface area contributed by atoms with Gasteiger partial charge in [0.15, 0.2) is 10.0 Å². The van der Waals surface area contributed by atoms with E-state index in [1.807, 2.05) is 5.38 Å². The first-order valence-electron chi connectivity index (χ1n) is 4.93. The number of aromatic nitrogens is 2. The highest BCUT2D eigenvalue weighted by Crippen LogP contribution is 2.25. The quantitative estimate of drug-likeness (QED) is 0.813. The number of aliphatic hydroxyl groups is 1. The number of ketones is 1. The zero-order chi connectivity index (χ0) is 12.4. The summed E-state index contributed by atoms with van der Waals surface area (Å²) in [5.41, 5.74) is 5.86. The molecule has 0 spiro atoms. The van der Waals surface area contributed by atoms with Crippen LogP contribution < -0.4 is 5.73 Å². The molecule has 0 saturated heterocycles. The lowest BCUT2D eigenvalue weighted by Crippen LogP contribution is -2.40. The third kappa shape index (κ3) is 2.58. The molecule has 0 aliphatic heterocycles. The summed E-state index contributed by atoms with van der Waals surface area (Å²) in [6.07, 6.45) is 0.803. The second kappa shape index (κ2) is 5.01. The third-order valence-corrected chi connectivity index (χ3v) is 3.95. The number of carbonyl (C=O) groups excluding carboxylic acids is 1. The number of thiazole rings is 2. The van der Waals surface area contributed by atoms with Gasteiger partial charge in [-0.3, -0.25) is 4.79 Å². The summed E-state index contributed by atoms with van der Waals surface area (Å²) in [6.45, 7) is 1.48. The van der Waals surface area contributed by atoms with Gasteiger partial charge in [0.1, 0.15) is 5.69 Å². The number of hydrogen-bond acceptors (Lipinski definition) is 7. The van der Waals surface area contributed by atoms with Crippen LogP contribution in [0.2, 0.25) is 0 Å². The van der Waals surface area contributed by atoms with Gasteiger partial charge in [-0.1, -0.05) is 0 Å². The SMILES string of the molecule is C[C@@H](O)[C@H](N)C(=O)c1csc(-c2nccs2)n1. The molecule has 17 heavy (non-hydrogen) atoms. The summed E-state index contributed by atoms with van der Waals surface area (Å²) in [6, 6.07) is -0.929. The van der Waals surface area contributed by atoms with Crippen molar-refractivity contribution in [2.45, 2.75) is 19.1 Å². The van der Waals surface area contributed by atoms with Gasteiger partial charge in [-0.25, -0.2) is 9.97 Å². The Kier molecular flexibility index (Phi) is 3.63. The van der Waals surface area contributed by atoms with Crippen LogP contribution in [0.1, 0.15) is 17.4 Å². The van der Waals surface area contributed by atoms with Crippen LogP contribution in [0.4, 0.5) is 0 Å². The molecule has 0 aliphatic carbocycles. The maximum Gasteiger partial charge on any atom is 0.201 e. The second-order valence-electron chi connectivity index (χ2n) is 3.51. The zero-order valence-corrected chi connectivity index (χ0v) is 10.7. The summed E-state index contributed by atoms with van der Waals surface area (Å²) in [5.74, 6) is -0.348. The standard InChI is InChI=1S/C10H11N3O2S2/c1-5(14)7(11)8(15)6-4-17-10(13-6)9-12-2-3-16-9/h2-5,7,14H,11H2,1H3/t5-,7+/m1/s1. The van der Waals surface area contributed by atoms with Crippen molar-refractivity contribution in [1.29, 1.82) is 0 Å². The molecule has 2 rings (SSSR count). The van der Waals surface area contributed by atoms with Gasteiger partial charge in [-0.2, -0.15) is 0 Å². The Morgan fingerprint density at radius 2 is 2.24 bits per heavy atom. The van der Waals surface area contributed by atoms with E-state index in [1.165, 1.54) is 29.6 Å². The molecule has 0 fully saturated rings. The minimum atomic E-state index is -0.929. The molecule has 0 unspecified atom stereocenters. The van der Waals surface area contributed by atoms with Gasteiger partial charge >= 0.3 is 0 Å². The molecule has 7 heteroatoms. The highest BCUT2D eigenvalue weighted by Gasteiger charge is 2.23. The van der Waals surface area contributed by atoms with Gasteiger partial charge in [-0.15, -0.1) is 22.7 Å². The molecule has 0 bridgehead atoms. The van der Waals surface area contributed by atoms with Gasteiger partial charge in [0, 0.05) is 17.0 Å². The average Bonchev–Trinajstić information content (AvgIpc) is 2.96. The Bertz CT molecular complexity index is 507. The Morgan fingerprint density at radius 3 is 2.82 bits per heavy atom. The van der Waals surface area contributed by atoms with Crippen molar-refractivity contribution in [2.75, 3.05) is 0 Å². The van der Waals surface area contributed by atoms with Crippen LogP contribution in [0.5, 0.6) is 0 Å². The van der Waals surface area contributed by atoms with Crippen molar-refractivity contribution < 1.29 is 9.90 Å². The van der Waals surface area contributed by atoms with Crippen LogP contribution in [0, 0.1) is 0 Å². The fourth-order valence-electron chi connectivity index (χ4n) is 1.20. The first-order chi connectivity index (χ1) is 8.09. The fraction of sp³-hybridized carbons (Fsp3) is 0.300. The molecule has 0 radical (unpaired) electrons. The van der Waals surface area contributed by atoms with Crippen molar-refractivity contribution in [3.63, 3.8) is 0 Å². The number of nitrogens with zero attached hydrogens (tertiary/aromatic N) is 2. The minimum Gasteiger partial charge on any atom is -0.391 e. The number of aliphatic hydroxyl groups excluding tert-OH is 1. The molecule has 3 N–H and O–H groups in total. The lowest BCUT2D eigenvalue weighted by Gasteiger charge is -2.11. The zero-order valence-electron chi connectivity index (χ0n) is 9.03. The highest BCUT2D eigenvalue weighted by molar-refractivity contribution is 7.19. The van der Waals surface area contributed by atoms with Gasteiger partial charge < -0.3 is 10.8 Å². The van der Waals surface area contributed by atoms with Crippen LogP contribution in [0.3, 0.4) is 0 Å². The van der Waals surface area contributed by atoms with Crippen molar-refractivity contribution >= 4 is 28.5 Å². The average molecular weight is 269 g/mol. The van der Waals surface area contributed by atoms with Crippen LogP contribution in [0.15, 0.2) is 17.0 Å². The van der Waals surface area contributed by atoms with E-state index < -0.39 is 12.1 Å². The van der Waals surface area contributed by atoms with Crippen molar-refractivity contribution in [1.82, 2.24) is 9.97 Å². The van der Waals surface area contributed by atoms with E-state index >= 15 is 0 Å². The predicted octanol–water partition coefficient (Wildman–Crippen LogP) is 1.16. The maximum atomic E-state index is 11.8. The topological polar surface area (TPSA) is 89.1 Å². The maximum absolute atomic E-state index is 11.8. The van der Waals surface area contributed by atoms with Gasteiger partial charge in [0.05, 0.1) is 12.1 Å². The summed E-state index contributed by atoms with van der Waals surface area (Å²) in [7, 11) is 0. The Morgan fingerprint density at radius 1 is 1.47 bits per heavy atom. The summed E-state index contributed by atoms with van der Waals surface area (Å²) in [4.78, 5) is 20.1. The number of nitrogens with two attached hydrogens (primary N) is 1. The smallest absolute Gasteiger partial charge is 0.201 e. The van der Waals surface area contributed by atoms with Crippen molar-refractivity contribution in [3.05, 3.63) is 22.7 Å². The van der Waals surface area contributed by atoms with E-state index in [-0.39, 0.29) is 11.5 Å². The van der Waals surface area contributed by atoms with Crippen molar-refractivity contribution in [3.8, 4) is 10.0 Å². The van der Waals surface area contributed by atoms with E-state index in [0.717, 1.165) is 5.01 Å². The summed E-state index contributed by atoms with van der Waals surface area (Å²) < 4.78 is 0. The fourth-order valence-corrected chi connectivity index (χ4v) is 2.71. The number of Topliss-reactive ketones (excluding diaryl/α,β-unsaturated/α-hetero) is 1. The van der Waals surface area contributed by atoms with E-state index in [1.54, 1.807) is 11.6 Å². The number of rotatable bonds is 4. The largest absolute Gasteiger partial charge is 0.391 e. The molecule has 0 amide bonds. The molecule has 90 valence electrons. The van der Waals surface area contributed by atoms with E-state index in [0.29, 0.717) is 5.01 Å². The predicted molar refractivity (Wildman–Crippen MR) is 67.2 cm³/mol. The highest BCUT2D eigenvalue weighted by atomic mass is 32.1. The molecular formula is C10H11N3O2S2. The molecular weight excluding hydrogens is 258 g/mol. The normalized spacial score (nSPS) is 14.5. The van der Waals surface area contributed by atoms with E-state index in [2.05, 4.69) is 9.97 Å². The van der Waals surface area contributed by atoms with Crippen LogP contribution in [-0.2, 0) is 0 Å². The Labute approximate surface area is 106 Å². The summed E-state index contributed by atoms with van der Waals surface area (Å²) >= 11 is 2.80. The molecule has 0 aliphatic rings. The molecule has 2 aromatic rings. The molecule has 2 atom stereocenters. The number of carbonyl (C=O) groups is 1. The molecule has 5 nitrogen and oxygen atoms in total. The van der Waals surface area contributed by atoms with Gasteiger partial charge in [0.2, 0.25) is 5.78 Å².